The van der Waals surface area contributed by atoms with Crippen molar-refractivity contribution in [1.29, 1.82) is 0 Å². The molecule has 6 nitrogen and oxygen atoms in total. The summed E-state index contributed by atoms with van der Waals surface area (Å²) < 4.78 is 7.41. The summed E-state index contributed by atoms with van der Waals surface area (Å²) in [6.45, 7) is 3.85. The summed E-state index contributed by atoms with van der Waals surface area (Å²) in [6, 6.07) is 8.07. The van der Waals surface area contributed by atoms with Gasteiger partial charge in [0, 0.05) is 50.1 Å². The first kappa shape index (κ1) is 18.0. The number of hydrogen-bond acceptors (Lipinski definition) is 4. The van der Waals surface area contributed by atoms with Crippen molar-refractivity contribution < 1.29 is 9.53 Å². The van der Waals surface area contributed by atoms with Crippen molar-refractivity contribution in [2.45, 2.75) is 32.2 Å². The molecule has 0 N–H and O–H groups in total. The number of benzene rings is 1. The number of hydrogen-bond donors (Lipinski definition) is 0. The fourth-order valence-corrected chi connectivity index (χ4v) is 4.64. The highest BCUT2D eigenvalue weighted by Crippen LogP contribution is 2.38. The van der Waals surface area contributed by atoms with Gasteiger partial charge in [-0.1, -0.05) is 0 Å². The molecular weight excluding hydrogens is 340 g/mol. The summed E-state index contributed by atoms with van der Waals surface area (Å²) in [5, 5.41) is 0. The smallest absolute Gasteiger partial charge is 0.222 e. The van der Waals surface area contributed by atoms with Gasteiger partial charge in [-0.2, -0.15) is 0 Å². The molecule has 27 heavy (non-hydrogen) atoms. The minimum atomic E-state index is 0.248. The highest BCUT2D eigenvalue weighted by molar-refractivity contribution is 5.76. The van der Waals surface area contributed by atoms with E-state index in [0.717, 1.165) is 49.9 Å². The number of carbonyl (C=O) groups excluding carboxylic acids is 1. The Morgan fingerprint density at radius 2 is 2.00 bits per heavy atom. The molecule has 144 valence electrons. The zero-order chi connectivity index (χ0) is 18.9. The van der Waals surface area contributed by atoms with E-state index in [2.05, 4.69) is 26.6 Å². The monoisotopic (exact) mass is 368 g/mol. The molecule has 3 heterocycles. The fourth-order valence-electron chi connectivity index (χ4n) is 4.64. The molecule has 2 aromatic rings. The summed E-state index contributed by atoms with van der Waals surface area (Å²) in [5.41, 5.74) is 1.34. The quantitative estimate of drug-likeness (QED) is 0.833. The molecule has 0 aliphatic carbocycles. The van der Waals surface area contributed by atoms with Crippen LogP contribution in [0.25, 0.3) is 5.69 Å². The second-order valence-corrected chi connectivity index (χ2v) is 7.98. The van der Waals surface area contributed by atoms with Gasteiger partial charge in [-0.05, 0) is 50.1 Å². The second kappa shape index (κ2) is 7.35. The largest absolute Gasteiger partial charge is 0.497 e. The van der Waals surface area contributed by atoms with E-state index < -0.39 is 0 Å². The van der Waals surface area contributed by atoms with E-state index in [9.17, 15) is 4.79 Å². The van der Waals surface area contributed by atoms with E-state index in [0.29, 0.717) is 6.42 Å². The van der Waals surface area contributed by atoms with Gasteiger partial charge in [0.2, 0.25) is 5.91 Å². The standard InChI is InChI=1S/C21H28N4O2/c1-23-15-21(10-8-20(23)26)9-3-12-24(16-21)14-19-22-11-13-25(19)17-4-6-18(27-2)7-5-17/h4-7,11,13H,3,8-10,12,14-16H2,1-2H3. The van der Waals surface area contributed by atoms with Crippen molar-refractivity contribution in [3.63, 3.8) is 0 Å². The van der Waals surface area contributed by atoms with Gasteiger partial charge in [0.1, 0.15) is 11.6 Å². The predicted octanol–water partition coefficient (Wildman–Crippen LogP) is 2.72. The molecule has 0 saturated carbocycles. The van der Waals surface area contributed by atoms with Crippen molar-refractivity contribution >= 4 is 5.91 Å². The number of amides is 1. The van der Waals surface area contributed by atoms with Crippen LogP contribution in [0, 0.1) is 5.41 Å². The highest BCUT2D eigenvalue weighted by atomic mass is 16.5. The van der Waals surface area contributed by atoms with E-state index in [-0.39, 0.29) is 11.3 Å². The minimum absolute atomic E-state index is 0.248. The Morgan fingerprint density at radius 1 is 1.19 bits per heavy atom. The third-order valence-corrected chi connectivity index (χ3v) is 6.04. The van der Waals surface area contributed by atoms with Gasteiger partial charge in [0.15, 0.2) is 0 Å². The maximum Gasteiger partial charge on any atom is 0.222 e. The number of ether oxygens (including phenoxy) is 1. The Kier molecular flexibility index (Phi) is 4.91. The number of carbonyl (C=O) groups is 1. The van der Waals surface area contributed by atoms with Crippen molar-refractivity contribution in [3.8, 4) is 11.4 Å². The van der Waals surface area contributed by atoms with Gasteiger partial charge in [-0.25, -0.2) is 4.98 Å². The molecule has 1 amide bonds. The van der Waals surface area contributed by atoms with Gasteiger partial charge in [0.05, 0.1) is 13.7 Å². The molecule has 0 radical (unpaired) electrons. The van der Waals surface area contributed by atoms with E-state index in [1.54, 1.807) is 7.11 Å². The van der Waals surface area contributed by atoms with Crippen molar-refractivity contribution in [2.75, 3.05) is 33.8 Å². The van der Waals surface area contributed by atoms with Crippen LogP contribution in [0.15, 0.2) is 36.7 Å². The summed E-state index contributed by atoms with van der Waals surface area (Å²) >= 11 is 0. The SMILES string of the molecule is COc1ccc(-n2ccnc2CN2CCCC3(CCC(=O)N(C)C3)C2)cc1. The molecule has 4 rings (SSSR count). The molecular formula is C21H28N4O2. The zero-order valence-corrected chi connectivity index (χ0v) is 16.2. The van der Waals surface area contributed by atoms with Crippen LogP contribution in [0.4, 0.5) is 0 Å². The Balaban J connectivity index is 1.48. The highest BCUT2D eigenvalue weighted by Gasteiger charge is 2.40. The molecule has 2 fully saturated rings. The number of nitrogens with zero attached hydrogens (tertiary/aromatic N) is 4. The molecule has 6 heteroatoms. The molecule has 2 aliphatic rings. The molecule has 1 atom stereocenters. The average molecular weight is 368 g/mol. The zero-order valence-electron chi connectivity index (χ0n) is 16.2. The number of piperidine rings is 2. The van der Waals surface area contributed by atoms with Crippen molar-refractivity contribution in [2.24, 2.45) is 5.41 Å². The van der Waals surface area contributed by atoms with Gasteiger partial charge >= 0.3 is 0 Å². The summed E-state index contributed by atoms with van der Waals surface area (Å²) in [5.74, 6) is 2.19. The lowest BCUT2D eigenvalue weighted by Gasteiger charge is -2.47. The third-order valence-electron chi connectivity index (χ3n) is 6.04. The van der Waals surface area contributed by atoms with Crippen LogP contribution in [0.5, 0.6) is 5.75 Å². The number of aromatic nitrogens is 2. The number of methoxy groups -OCH3 is 1. The van der Waals surface area contributed by atoms with Crippen LogP contribution >= 0.6 is 0 Å². The fraction of sp³-hybridized carbons (Fsp3) is 0.524. The topological polar surface area (TPSA) is 50.6 Å². The van der Waals surface area contributed by atoms with Crippen LogP contribution in [-0.2, 0) is 11.3 Å². The number of likely N-dealkylation sites (tertiary alicyclic amines) is 2. The molecule has 1 unspecified atom stereocenters. The maximum atomic E-state index is 11.9. The lowest BCUT2D eigenvalue weighted by molar-refractivity contribution is -0.137. The summed E-state index contributed by atoms with van der Waals surface area (Å²) in [4.78, 5) is 20.9. The summed E-state index contributed by atoms with van der Waals surface area (Å²) in [7, 11) is 3.62. The lowest BCUT2D eigenvalue weighted by atomic mass is 9.73. The Hall–Kier alpha value is -2.34. The molecule has 1 aromatic carbocycles. The third kappa shape index (κ3) is 3.72. The van der Waals surface area contributed by atoms with Gasteiger partial charge < -0.3 is 14.2 Å². The first-order valence-corrected chi connectivity index (χ1v) is 9.72. The number of imidazole rings is 1. The Morgan fingerprint density at radius 3 is 2.74 bits per heavy atom. The van der Waals surface area contributed by atoms with Crippen LogP contribution < -0.4 is 4.74 Å². The average Bonchev–Trinajstić information content (AvgIpc) is 3.13. The lowest BCUT2D eigenvalue weighted by Crippen LogP contribution is -2.52. The van der Waals surface area contributed by atoms with Gasteiger partial charge in [-0.15, -0.1) is 0 Å². The van der Waals surface area contributed by atoms with Crippen LogP contribution in [0.2, 0.25) is 0 Å². The van der Waals surface area contributed by atoms with E-state index in [4.69, 9.17) is 4.74 Å². The van der Waals surface area contributed by atoms with Crippen molar-refractivity contribution in [1.82, 2.24) is 19.4 Å². The molecule has 2 saturated heterocycles. The normalized spacial score (nSPS) is 23.8. The van der Waals surface area contributed by atoms with Crippen LogP contribution in [0.1, 0.15) is 31.5 Å². The number of rotatable bonds is 4. The first-order valence-electron chi connectivity index (χ1n) is 9.72. The van der Waals surface area contributed by atoms with E-state index >= 15 is 0 Å². The molecule has 0 bridgehead atoms. The van der Waals surface area contributed by atoms with Crippen molar-refractivity contribution in [3.05, 3.63) is 42.5 Å². The van der Waals surface area contributed by atoms with Gasteiger partial charge in [0.25, 0.3) is 0 Å². The molecule has 2 aliphatic heterocycles. The predicted molar refractivity (Wildman–Crippen MR) is 104 cm³/mol. The molecule has 1 aromatic heterocycles. The van der Waals surface area contributed by atoms with E-state index in [1.165, 1.54) is 12.8 Å². The summed E-state index contributed by atoms with van der Waals surface area (Å²) in [6.07, 6.45) is 7.99. The van der Waals surface area contributed by atoms with Gasteiger partial charge in [-0.3, -0.25) is 9.69 Å². The van der Waals surface area contributed by atoms with Crippen LogP contribution in [0.3, 0.4) is 0 Å². The van der Waals surface area contributed by atoms with E-state index in [1.807, 2.05) is 36.5 Å². The van der Waals surface area contributed by atoms with Crippen LogP contribution in [-0.4, -0.2) is 59.0 Å². The maximum absolute atomic E-state index is 11.9. The Labute approximate surface area is 160 Å². The second-order valence-electron chi connectivity index (χ2n) is 7.98. The minimum Gasteiger partial charge on any atom is -0.497 e. The Bertz CT molecular complexity index is 801. The molecule has 1 spiro atoms. The first-order chi connectivity index (χ1) is 13.1.